The van der Waals surface area contributed by atoms with E-state index in [2.05, 4.69) is 47.7 Å². The van der Waals surface area contributed by atoms with Crippen LogP contribution in [0.25, 0.3) is 10.9 Å². The molecule has 0 amide bonds. The average molecular weight is 286 g/mol. The van der Waals surface area contributed by atoms with Crippen molar-refractivity contribution in [2.75, 3.05) is 13.1 Å². The summed E-state index contributed by atoms with van der Waals surface area (Å²) in [7, 11) is 0. The van der Waals surface area contributed by atoms with Crippen LogP contribution in [-0.2, 0) is 13.1 Å². The van der Waals surface area contributed by atoms with Crippen LogP contribution in [0.4, 0.5) is 0 Å². The Morgan fingerprint density at radius 2 is 2.19 bits per heavy atom. The van der Waals surface area contributed by atoms with Gasteiger partial charge in [0.1, 0.15) is 0 Å². The topological polar surface area (TPSA) is 47.1 Å². The highest BCUT2D eigenvalue weighted by atomic mass is 15.3. The summed E-state index contributed by atoms with van der Waals surface area (Å²) in [6.07, 6.45) is 2.51. The van der Waals surface area contributed by atoms with E-state index >= 15 is 0 Å². The fourth-order valence-electron chi connectivity index (χ4n) is 3.43. The third-order valence-corrected chi connectivity index (χ3v) is 4.69. The first-order valence-electron chi connectivity index (χ1n) is 8.11. The van der Waals surface area contributed by atoms with Gasteiger partial charge in [-0.1, -0.05) is 18.2 Å². The fraction of sp³-hybridized carbons (Fsp3) is 0.588. The normalized spacial score (nSPS) is 21.8. The number of nitrogens with two attached hydrogens (primary N) is 1. The van der Waals surface area contributed by atoms with Crippen LogP contribution in [-0.4, -0.2) is 33.8 Å². The summed E-state index contributed by atoms with van der Waals surface area (Å²) in [5.74, 6) is 0.623. The van der Waals surface area contributed by atoms with Gasteiger partial charge < -0.3 is 5.73 Å². The van der Waals surface area contributed by atoms with Crippen LogP contribution < -0.4 is 5.73 Å². The second-order valence-corrected chi connectivity index (χ2v) is 6.28. The lowest BCUT2D eigenvalue weighted by molar-refractivity contribution is 0.153. The third-order valence-electron chi connectivity index (χ3n) is 4.69. The summed E-state index contributed by atoms with van der Waals surface area (Å²) in [4.78, 5) is 2.52. The van der Waals surface area contributed by atoms with Crippen LogP contribution in [0.3, 0.4) is 0 Å². The van der Waals surface area contributed by atoms with Crippen LogP contribution in [0.15, 0.2) is 24.3 Å². The number of aryl methyl sites for hydroxylation is 1. The van der Waals surface area contributed by atoms with Gasteiger partial charge in [-0.15, -0.1) is 0 Å². The number of hydrogen-bond donors (Lipinski definition) is 1. The second-order valence-electron chi connectivity index (χ2n) is 6.28. The Bertz CT molecular complexity index is 602. The summed E-state index contributed by atoms with van der Waals surface area (Å²) in [5, 5.41) is 6.11. The van der Waals surface area contributed by atoms with E-state index in [1.165, 1.54) is 29.4 Å². The zero-order valence-corrected chi connectivity index (χ0v) is 13.1. The van der Waals surface area contributed by atoms with Gasteiger partial charge in [0.05, 0.1) is 11.2 Å². The van der Waals surface area contributed by atoms with Gasteiger partial charge in [-0.2, -0.15) is 5.10 Å². The zero-order valence-electron chi connectivity index (χ0n) is 13.1. The van der Waals surface area contributed by atoms with Crippen molar-refractivity contribution in [2.24, 2.45) is 11.7 Å². The van der Waals surface area contributed by atoms with Gasteiger partial charge >= 0.3 is 0 Å². The molecule has 21 heavy (non-hydrogen) atoms. The van der Waals surface area contributed by atoms with E-state index in [1.807, 2.05) is 0 Å². The lowest BCUT2D eigenvalue weighted by atomic mass is 9.92. The first-order chi connectivity index (χ1) is 10.2. The molecule has 4 nitrogen and oxygen atoms in total. The van der Waals surface area contributed by atoms with E-state index in [9.17, 15) is 0 Å². The van der Waals surface area contributed by atoms with Gasteiger partial charge in [0.2, 0.25) is 0 Å². The monoisotopic (exact) mass is 286 g/mol. The van der Waals surface area contributed by atoms with Crippen molar-refractivity contribution in [2.45, 2.75) is 45.8 Å². The molecule has 3 rings (SSSR count). The Labute approximate surface area is 126 Å². The predicted molar refractivity (Wildman–Crippen MR) is 87.1 cm³/mol. The van der Waals surface area contributed by atoms with Crippen molar-refractivity contribution in [3.8, 4) is 0 Å². The van der Waals surface area contributed by atoms with E-state index in [0.29, 0.717) is 5.92 Å². The standard InChI is InChI=1S/C17H26N4/c1-3-21-17-9-5-4-8-15(17)16(19-21)12-20-10-6-7-14(11-20)13(2)18/h4-5,8-9,13-14H,3,6-7,10-12,18H2,1-2H3. The van der Waals surface area contributed by atoms with Gasteiger partial charge in [0.15, 0.2) is 0 Å². The van der Waals surface area contributed by atoms with Crippen molar-refractivity contribution < 1.29 is 0 Å². The van der Waals surface area contributed by atoms with E-state index in [1.54, 1.807) is 0 Å². The molecular formula is C17H26N4. The second kappa shape index (κ2) is 6.16. The number of benzene rings is 1. The van der Waals surface area contributed by atoms with Crippen molar-refractivity contribution >= 4 is 10.9 Å². The molecule has 1 aliphatic heterocycles. The summed E-state index contributed by atoms with van der Waals surface area (Å²) in [6, 6.07) is 8.84. The predicted octanol–water partition coefficient (Wildman–Crippen LogP) is 2.62. The lowest BCUT2D eigenvalue weighted by Crippen LogP contribution is -2.42. The molecule has 114 valence electrons. The molecule has 2 atom stereocenters. The number of nitrogens with zero attached hydrogens (tertiary/aromatic N) is 3. The van der Waals surface area contributed by atoms with Gasteiger partial charge in [-0.3, -0.25) is 9.58 Å². The van der Waals surface area contributed by atoms with Crippen molar-refractivity contribution in [3.63, 3.8) is 0 Å². The van der Waals surface area contributed by atoms with Gasteiger partial charge in [-0.25, -0.2) is 0 Å². The van der Waals surface area contributed by atoms with Crippen LogP contribution in [0.1, 0.15) is 32.4 Å². The molecule has 1 aromatic heterocycles. The molecule has 2 heterocycles. The number of para-hydroxylation sites is 1. The fourth-order valence-corrected chi connectivity index (χ4v) is 3.43. The van der Waals surface area contributed by atoms with Crippen LogP contribution in [0.5, 0.6) is 0 Å². The molecule has 2 aromatic rings. The summed E-state index contributed by atoms with van der Waals surface area (Å²) in [6.45, 7) is 8.41. The number of fused-ring (bicyclic) bond motifs is 1. The molecule has 1 saturated heterocycles. The van der Waals surface area contributed by atoms with Gasteiger partial charge in [0.25, 0.3) is 0 Å². The number of hydrogen-bond acceptors (Lipinski definition) is 3. The van der Waals surface area contributed by atoms with Crippen LogP contribution in [0, 0.1) is 5.92 Å². The van der Waals surface area contributed by atoms with Crippen molar-refractivity contribution in [3.05, 3.63) is 30.0 Å². The minimum Gasteiger partial charge on any atom is -0.328 e. The highest BCUT2D eigenvalue weighted by Crippen LogP contribution is 2.24. The Morgan fingerprint density at radius 1 is 1.38 bits per heavy atom. The molecule has 1 aromatic carbocycles. The Morgan fingerprint density at radius 3 is 2.95 bits per heavy atom. The summed E-state index contributed by atoms with van der Waals surface area (Å²) < 4.78 is 2.11. The lowest BCUT2D eigenvalue weighted by Gasteiger charge is -2.34. The van der Waals surface area contributed by atoms with E-state index in [0.717, 1.165) is 26.2 Å². The third kappa shape index (κ3) is 2.97. The summed E-state index contributed by atoms with van der Waals surface area (Å²) >= 11 is 0. The molecule has 1 fully saturated rings. The number of likely N-dealkylation sites (tertiary alicyclic amines) is 1. The van der Waals surface area contributed by atoms with Crippen molar-refractivity contribution in [1.29, 1.82) is 0 Å². The molecular weight excluding hydrogens is 260 g/mol. The minimum absolute atomic E-state index is 0.290. The summed E-state index contributed by atoms with van der Waals surface area (Å²) in [5.41, 5.74) is 8.54. The van der Waals surface area contributed by atoms with Crippen LogP contribution >= 0.6 is 0 Å². The van der Waals surface area contributed by atoms with Gasteiger partial charge in [-0.05, 0) is 45.2 Å². The maximum absolute atomic E-state index is 6.09. The molecule has 2 N–H and O–H groups in total. The maximum Gasteiger partial charge on any atom is 0.0843 e. The zero-order chi connectivity index (χ0) is 14.8. The average Bonchev–Trinajstić information content (AvgIpc) is 2.86. The van der Waals surface area contributed by atoms with Crippen molar-refractivity contribution in [1.82, 2.24) is 14.7 Å². The number of aromatic nitrogens is 2. The molecule has 0 saturated carbocycles. The first kappa shape index (κ1) is 14.5. The molecule has 4 heteroatoms. The van der Waals surface area contributed by atoms with Crippen LogP contribution in [0.2, 0.25) is 0 Å². The Balaban J connectivity index is 1.81. The highest BCUT2D eigenvalue weighted by Gasteiger charge is 2.23. The molecule has 0 radical (unpaired) electrons. The number of piperidine rings is 1. The van der Waals surface area contributed by atoms with E-state index < -0.39 is 0 Å². The first-order valence-corrected chi connectivity index (χ1v) is 8.11. The highest BCUT2D eigenvalue weighted by molar-refractivity contribution is 5.81. The maximum atomic E-state index is 6.09. The minimum atomic E-state index is 0.290. The smallest absolute Gasteiger partial charge is 0.0843 e. The SMILES string of the molecule is CCn1nc(CN2CCCC(C(C)N)C2)c2ccccc21. The quantitative estimate of drug-likeness (QED) is 0.940. The van der Waals surface area contributed by atoms with E-state index in [4.69, 9.17) is 10.8 Å². The molecule has 2 unspecified atom stereocenters. The largest absolute Gasteiger partial charge is 0.328 e. The van der Waals surface area contributed by atoms with E-state index in [-0.39, 0.29) is 6.04 Å². The molecule has 0 spiro atoms. The van der Waals surface area contributed by atoms with Gasteiger partial charge in [0, 0.05) is 31.1 Å². The Hall–Kier alpha value is -1.39. The molecule has 0 aliphatic carbocycles. The Kier molecular flexibility index (Phi) is 4.27. The molecule has 1 aliphatic rings. The molecule has 0 bridgehead atoms. The number of rotatable bonds is 4.